The Morgan fingerprint density at radius 3 is 2.26 bits per heavy atom. The molecule has 8 heteroatoms. The van der Waals surface area contributed by atoms with Gasteiger partial charge in [0.05, 0.1) is 10.6 Å². The standard InChI is InChI=1S/C19H19ClFN3O3/c1-2-16(25)22-10-11-23-18(26)12-6-8-13(9-7-12)24-19(27)17-14(20)4-3-5-15(17)21/h3-9H,2,10-11H2,1H3,(H,22,25)(H,23,26)(H,24,27). The second-order valence-corrected chi connectivity index (χ2v) is 5.99. The highest BCUT2D eigenvalue weighted by Gasteiger charge is 2.16. The van der Waals surface area contributed by atoms with Gasteiger partial charge in [-0.1, -0.05) is 24.6 Å². The maximum Gasteiger partial charge on any atom is 0.260 e. The third-order valence-electron chi connectivity index (χ3n) is 3.65. The number of amides is 3. The van der Waals surface area contributed by atoms with E-state index >= 15 is 0 Å². The highest BCUT2D eigenvalue weighted by Crippen LogP contribution is 2.20. The van der Waals surface area contributed by atoms with Crippen LogP contribution in [0.15, 0.2) is 42.5 Å². The average Bonchev–Trinajstić information content (AvgIpc) is 2.65. The Morgan fingerprint density at radius 1 is 0.963 bits per heavy atom. The van der Waals surface area contributed by atoms with Crippen LogP contribution in [-0.4, -0.2) is 30.8 Å². The van der Waals surface area contributed by atoms with Crippen molar-refractivity contribution in [3.63, 3.8) is 0 Å². The third-order valence-corrected chi connectivity index (χ3v) is 3.96. The molecule has 0 atom stereocenters. The zero-order valence-electron chi connectivity index (χ0n) is 14.6. The molecule has 0 aromatic heterocycles. The minimum Gasteiger partial charge on any atom is -0.354 e. The van der Waals surface area contributed by atoms with Crippen LogP contribution in [-0.2, 0) is 4.79 Å². The topological polar surface area (TPSA) is 87.3 Å². The highest BCUT2D eigenvalue weighted by atomic mass is 35.5. The van der Waals surface area contributed by atoms with Crippen LogP contribution in [0.3, 0.4) is 0 Å². The van der Waals surface area contributed by atoms with Crippen molar-refractivity contribution < 1.29 is 18.8 Å². The van der Waals surface area contributed by atoms with Crippen LogP contribution in [0.25, 0.3) is 0 Å². The first-order valence-corrected chi connectivity index (χ1v) is 8.70. The minimum atomic E-state index is -0.717. The van der Waals surface area contributed by atoms with E-state index in [0.29, 0.717) is 30.8 Å². The Balaban J connectivity index is 1.92. The lowest BCUT2D eigenvalue weighted by Crippen LogP contribution is -2.34. The van der Waals surface area contributed by atoms with Crippen LogP contribution in [0.4, 0.5) is 10.1 Å². The second kappa shape index (κ2) is 9.68. The van der Waals surface area contributed by atoms with Crippen molar-refractivity contribution in [1.29, 1.82) is 0 Å². The summed E-state index contributed by atoms with van der Waals surface area (Å²) in [6, 6.07) is 10.1. The quantitative estimate of drug-likeness (QED) is 0.634. The largest absolute Gasteiger partial charge is 0.354 e. The van der Waals surface area contributed by atoms with E-state index in [4.69, 9.17) is 11.6 Å². The fourth-order valence-electron chi connectivity index (χ4n) is 2.22. The van der Waals surface area contributed by atoms with E-state index in [9.17, 15) is 18.8 Å². The Hall–Kier alpha value is -2.93. The van der Waals surface area contributed by atoms with Gasteiger partial charge < -0.3 is 16.0 Å². The Labute approximate surface area is 161 Å². The molecule has 0 heterocycles. The van der Waals surface area contributed by atoms with Gasteiger partial charge in [0.25, 0.3) is 11.8 Å². The van der Waals surface area contributed by atoms with E-state index in [1.54, 1.807) is 6.92 Å². The maximum atomic E-state index is 13.8. The molecule has 3 amide bonds. The van der Waals surface area contributed by atoms with E-state index in [1.807, 2.05) is 0 Å². The monoisotopic (exact) mass is 391 g/mol. The smallest absolute Gasteiger partial charge is 0.260 e. The Bertz CT molecular complexity index is 820. The van der Waals surface area contributed by atoms with Crippen molar-refractivity contribution in [2.45, 2.75) is 13.3 Å². The number of anilines is 1. The molecule has 0 aliphatic heterocycles. The molecule has 0 fully saturated rings. The van der Waals surface area contributed by atoms with Gasteiger partial charge in [-0.3, -0.25) is 14.4 Å². The number of carbonyl (C=O) groups is 3. The van der Waals surface area contributed by atoms with Crippen LogP contribution in [0.2, 0.25) is 5.02 Å². The number of nitrogens with one attached hydrogen (secondary N) is 3. The number of carbonyl (C=O) groups excluding carboxylic acids is 3. The van der Waals surface area contributed by atoms with Crippen molar-refractivity contribution in [3.8, 4) is 0 Å². The molecule has 3 N–H and O–H groups in total. The maximum absolute atomic E-state index is 13.8. The molecule has 0 saturated heterocycles. The number of hydrogen-bond donors (Lipinski definition) is 3. The summed E-state index contributed by atoms with van der Waals surface area (Å²) in [5, 5.41) is 7.87. The van der Waals surface area contributed by atoms with Crippen molar-refractivity contribution in [2.24, 2.45) is 0 Å². The summed E-state index contributed by atoms with van der Waals surface area (Å²) in [4.78, 5) is 35.3. The summed E-state index contributed by atoms with van der Waals surface area (Å²) < 4.78 is 13.8. The molecular weight excluding hydrogens is 373 g/mol. The molecular formula is C19H19ClFN3O3. The van der Waals surface area contributed by atoms with Gasteiger partial charge in [0.1, 0.15) is 5.82 Å². The SMILES string of the molecule is CCC(=O)NCCNC(=O)c1ccc(NC(=O)c2c(F)cccc2Cl)cc1. The molecule has 0 saturated carbocycles. The minimum absolute atomic E-state index is 0.0127. The van der Waals surface area contributed by atoms with Crippen LogP contribution >= 0.6 is 11.6 Å². The molecule has 0 unspecified atom stereocenters. The molecule has 27 heavy (non-hydrogen) atoms. The van der Waals surface area contributed by atoms with Gasteiger partial charge in [0, 0.05) is 30.8 Å². The van der Waals surface area contributed by atoms with Crippen LogP contribution in [0, 0.1) is 5.82 Å². The normalized spacial score (nSPS) is 10.2. The van der Waals surface area contributed by atoms with Gasteiger partial charge in [-0.2, -0.15) is 0 Å². The molecule has 142 valence electrons. The first kappa shape index (κ1) is 20.4. The Morgan fingerprint density at radius 2 is 1.63 bits per heavy atom. The van der Waals surface area contributed by atoms with Gasteiger partial charge in [0.2, 0.25) is 5.91 Å². The van der Waals surface area contributed by atoms with Gasteiger partial charge in [0.15, 0.2) is 0 Å². The molecule has 0 bridgehead atoms. The summed E-state index contributed by atoms with van der Waals surface area (Å²) in [6.45, 7) is 2.39. The zero-order chi connectivity index (χ0) is 19.8. The van der Waals surface area contributed by atoms with E-state index in [2.05, 4.69) is 16.0 Å². The predicted octanol–water partition coefficient (Wildman–Crippen LogP) is 2.99. The van der Waals surface area contributed by atoms with E-state index in [0.717, 1.165) is 6.07 Å². The highest BCUT2D eigenvalue weighted by molar-refractivity contribution is 6.34. The molecule has 2 rings (SSSR count). The van der Waals surface area contributed by atoms with Gasteiger partial charge in [-0.05, 0) is 36.4 Å². The predicted molar refractivity (Wildman–Crippen MR) is 101 cm³/mol. The fourth-order valence-corrected chi connectivity index (χ4v) is 2.47. The second-order valence-electron chi connectivity index (χ2n) is 5.59. The van der Waals surface area contributed by atoms with Gasteiger partial charge in [-0.25, -0.2) is 4.39 Å². The van der Waals surface area contributed by atoms with Crippen LogP contribution in [0.5, 0.6) is 0 Å². The third kappa shape index (κ3) is 5.79. The summed E-state index contributed by atoms with van der Waals surface area (Å²) in [6.07, 6.45) is 0.388. The summed E-state index contributed by atoms with van der Waals surface area (Å²) in [5.41, 5.74) is 0.542. The molecule has 2 aromatic carbocycles. The lowest BCUT2D eigenvalue weighted by molar-refractivity contribution is -0.120. The summed E-state index contributed by atoms with van der Waals surface area (Å²) in [7, 11) is 0. The number of hydrogen-bond acceptors (Lipinski definition) is 3. The van der Waals surface area contributed by atoms with Crippen molar-refractivity contribution in [1.82, 2.24) is 10.6 Å². The molecule has 0 spiro atoms. The van der Waals surface area contributed by atoms with Crippen molar-refractivity contribution in [3.05, 3.63) is 64.4 Å². The zero-order valence-corrected chi connectivity index (χ0v) is 15.4. The average molecular weight is 392 g/mol. The van der Waals surface area contributed by atoms with E-state index in [1.165, 1.54) is 36.4 Å². The molecule has 0 aliphatic carbocycles. The summed E-state index contributed by atoms with van der Waals surface area (Å²) in [5.74, 6) is -1.79. The van der Waals surface area contributed by atoms with Crippen molar-refractivity contribution in [2.75, 3.05) is 18.4 Å². The summed E-state index contributed by atoms with van der Waals surface area (Å²) >= 11 is 5.87. The Kier molecular flexibility index (Phi) is 7.31. The lowest BCUT2D eigenvalue weighted by Gasteiger charge is -2.09. The fraction of sp³-hybridized carbons (Fsp3) is 0.211. The first-order chi connectivity index (χ1) is 12.9. The number of halogens is 2. The van der Waals surface area contributed by atoms with Crippen molar-refractivity contribution >= 4 is 35.0 Å². The number of benzene rings is 2. The molecule has 2 aromatic rings. The van der Waals surface area contributed by atoms with Crippen LogP contribution in [0.1, 0.15) is 34.1 Å². The van der Waals surface area contributed by atoms with E-state index in [-0.39, 0.29) is 22.4 Å². The molecule has 0 radical (unpaired) electrons. The lowest BCUT2D eigenvalue weighted by atomic mass is 10.1. The molecule has 6 nitrogen and oxygen atoms in total. The van der Waals surface area contributed by atoms with E-state index < -0.39 is 11.7 Å². The molecule has 0 aliphatic rings. The van der Waals surface area contributed by atoms with Gasteiger partial charge in [-0.15, -0.1) is 0 Å². The first-order valence-electron chi connectivity index (χ1n) is 8.32. The number of rotatable bonds is 7. The van der Waals surface area contributed by atoms with Crippen LogP contribution < -0.4 is 16.0 Å². The van der Waals surface area contributed by atoms with Gasteiger partial charge >= 0.3 is 0 Å².